The Kier molecular flexibility index (Phi) is 6.67. The molecule has 1 rings (SSSR count). The molecule has 90 valence electrons. The van der Waals surface area contributed by atoms with E-state index in [0.29, 0.717) is 11.3 Å². The Balaban J connectivity index is 2.29. The summed E-state index contributed by atoms with van der Waals surface area (Å²) in [5.74, 6) is 1.46. The molecule has 0 N–H and O–H groups in total. The third-order valence-corrected chi connectivity index (χ3v) is 4.14. The second-order valence-electron chi connectivity index (χ2n) is 4.79. The summed E-state index contributed by atoms with van der Waals surface area (Å²) in [7, 11) is 0. The summed E-state index contributed by atoms with van der Waals surface area (Å²) in [5.41, 5.74) is 0. The molecule has 1 aliphatic heterocycles. The molecule has 3 unspecified atom stereocenters. The van der Waals surface area contributed by atoms with Crippen LogP contribution in [0.25, 0.3) is 0 Å². The van der Waals surface area contributed by atoms with Gasteiger partial charge in [-0.25, -0.2) is 0 Å². The Morgan fingerprint density at radius 1 is 1.40 bits per heavy atom. The summed E-state index contributed by atoms with van der Waals surface area (Å²) in [6, 6.07) is 0. The summed E-state index contributed by atoms with van der Waals surface area (Å²) in [4.78, 5) is 0. The van der Waals surface area contributed by atoms with Crippen molar-refractivity contribution in [1.82, 2.24) is 0 Å². The molecular formula is C13H25ClO. The van der Waals surface area contributed by atoms with E-state index in [1.165, 1.54) is 32.1 Å². The maximum absolute atomic E-state index is 6.34. The fourth-order valence-corrected chi connectivity index (χ4v) is 2.66. The fourth-order valence-electron chi connectivity index (χ4n) is 2.40. The van der Waals surface area contributed by atoms with Gasteiger partial charge in [0.15, 0.2) is 0 Å². The molecule has 1 aliphatic rings. The van der Waals surface area contributed by atoms with Gasteiger partial charge in [-0.2, -0.15) is 0 Å². The molecule has 1 nitrogen and oxygen atoms in total. The maximum Gasteiger partial charge on any atom is 0.0508 e. The van der Waals surface area contributed by atoms with Crippen molar-refractivity contribution in [2.75, 3.05) is 13.2 Å². The van der Waals surface area contributed by atoms with Gasteiger partial charge in [-0.15, -0.1) is 11.6 Å². The van der Waals surface area contributed by atoms with Gasteiger partial charge in [0.25, 0.3) is 0 Å². The molecule has 0 saturated carbocycles. The van der Waals surface area contributed by atoms with Gasteiger partial charge in [-0.05, 0) is 24.7 Å². The van der Waals surface area contributed by atoms with Gasteiger partial charge in [0.1, 0.15) is 0 Å². The standard InChI is InChI=1S/C13H25ClO/c1-3-5-6-11(4-2)9-12-10-15-8-7-13(12)14/h11-13H,3-10H2,1-2H3. The SMILES string of the molecule is CCCCC(CC)CC1COCCC1Cl. The lowest BCUT2D eigenvalue weighted by Gasteiger charge is -2.30. The van der Waals surface area contributed by atoms with Crippen LogP contribution >= 0.6 is 11.6 Å². The zero-order valence-corrected chi connectivity index (χ0v) is 10.9. The van der Waals surface area contributed by atoms with E-state index in [4.69, 9.17) is 16.3 Å². The first-order valence-electron chi connectivity index (χ1n) is 6.49. The van der Waals surface area contributed by atoms with Crippen molar-refractivity contribution in [2.24, 2.45) is 11.8 Å². The Bertz CT molecular complexity index is 161. The van der Waals surface area contributed by atoms with Gasteiger partial charge in [0.05, 0.1) is 6.61 Å². The molecule has 0 spiro atoms. The number of alkyl halides is 1. The minimum Gasteiger partial charge on any atom is -0.381 e. The number of hydrogen-bond acceptors (Lipinski definition) is 1. The van der Waals surface area contributed by atoms with E-state index in [0.717, 1.165) is 25.6 Å². The lowest BCUT2D eigenvalue weighted by molar-refractivity contribution is 0.0469. The second kappa shape index (κ2) is 7.51. The van der Waals surface area contributed by atoms with Crippen molar-refractivity contribution in [3.63, 3.8) is 0 Å². The monoisotopic (exact) mass is 232 g/mol. The van der Waals surface area contributed by atoms with E-state index in [9.17, 15) is 0 Å². The van der Waals surface area contributed by atoms with Crippen molar-refractivity contribution >= 4 is 11.6 Å². The summed E-state index contributed by atoms with van der Waals surface area (Å²) < 4.78 is 5.52. The highest BCUT2D eigenvalue weighted by Gasteiger charge is 2.25. The van der Waals surface area contributed by atoms with Gasteiger partial charge >= 0.3 is 0 Å². The summed E-state index contributed by atoms with van der Waals surface area (Å²) >= 11 is 6.34. The Morgan fingerprint density at radius 3 is 2.80 bits per heavy atom. The number of hydrogen-bond donors (Lipinski definition) is 0. The zero-order valence-electron chi connectivity index (χ0n) is 10.2. The minimum absolute atomic E-state index is 0.356. The van der Waals surface area contributed by atoms with E-state index in [1.807, 2.05) is 0 Å². The lowest BCUT2D eigenvalue weighted by atomic mass is 9.86. The quantitative estimate of drug-likeness (QED) is 0.623. The molecule has 0 radical (unpaired) electrons. The Hall–Kier alpha value is 0.250. The van der Waals surface area contributed by atoms with Crippen LogP contribution in [0.4, 0.5) is 0 Å². The molecule has 0 aliphatic carbocycles. The average Bonchev–Trinajstić information content (AvgIpc) is 2.26. The highest BCUT2D eigenvalue weighted by molar-refractivity contribution is 6.20. The van der Waals surface area contributed by atoms with Crippen molar-refractivity contribution in [1.29, 1.82) is 0 Å². The lowest BCUT2D eigenvalue weighted by Crippen LogP contribution is -2.29. The first-order valence-corrected chi connectivity index (χ1v) is 6.93. The number of ether oxygens (including phenoxy) is 1. The van der Waals surface area contributed by atoms with Gasteiger partial charge < -0.3 is 4.74 Å². The van der Waals surface area contributed by atoms with E-state index in [2.05, 4.69) is 13.8 Å². The highest BCUT2D eigenvalue weighted by atomic mass is 35.5. The smallest absolute Gasteiger partial charge is 0.0508 e. The van der Waals surface area contributed by atoms with E-state index < -0.39 is 0 Å². The van der Waals surface area contributed by atoms with Gasteiger partial charge in [-0.3, -0.25) is 0 Å². The summed E-state index contributed by atoms with van der Waals surface area (Å²) in [6.07, 6.45) is 7.63. The number of rotatable bonds is 6. The molecule has 1 saturated heterocycles. The zero-order chi connectivity index (χ0) is 11.1. The number of unbranched alkanes of at least 4 members (excludes halogenated alkanes) is 1. The number of halogens is 1. The van der Waals surface area contributed by atoms with Crippen LogP contribution in [0.5, 0.6) is 0 Å². The molecule has 0 bridgehead atoms. The van der Waals surface area contributed by atoms with Crippen LogP contribution in [0.2, 0.25) is 0 Å². The molecule has 2 heteroatoms. The van der Waals surface area contributed by atoms with Crippen molar-refractivity contribution < 1.29 is 4.74 Å². The Morgan fingerprint density at radius 2 is 2.20 bits per heavy atom. The molecule has 1 heterocycles. The van der Waals surface area contributed by atoms with Crippen LogP contribution in [-0.4, -0.2) is 18.6 Å². The van der Waals surface area contributed by atoms with Crippen molar-refractivity contribution in [2.45, 2.75) is 57.7 Å². The molecular weight excluding hydrogens is 208 g/mol. The van der Waals surface area contributed by atoms with Gasteiger partial charge in [-0.1, -0.05) is 39.5 Å². The van der Waals surface area contributed by atoms with Crippen LogP contribution in [0.1, 0.15) is 52.4 Å². The predicted octanol–water partition coefficient (Wildman–Crippen LogP) is 4.24. The Labute approximate surface area is 99.5 Å². The molecule has 1 fully saturated rings. The highest BCUT2D eigenvalue weighted by Crippen LogP contribution is 2.29. The topological polar surface area (TPSA) is 9.23 Å². The van der Waals surface area contributed by atoms with Gasteiger partial charge in [0, 0.05) is 12.0 Å². The van der Waals surface area contributed by atoms with Crippen LogP contribution in [0.3, 0.4) is 0 Å². The normalized spacial score (nSPS) is 29.0. The third kappa shape index (κ3) is 4.74. The molecule has 0 amide bonds. The van der Waals surface area contributed by atoms with Gasteiger partial charge in [0.2, 0.25) is 0 Å². The summed E-state index contributed by atoms with van der Waals surface area (Å²) in [6.45, 7) is 6.31. The van der Waals surface area contributed by atoms with Crippen molar-refractivity contribution in [3.8, 4) is 0 Å². The van der Waals surface area contributed by atoms with Crippen LogP contribution in [0.15, 0.2) is 0 Å². The first-order chi connectivity index (χ1) is 7.27. The van der Waals surface area contributed by atoms with E-state index in [-0.39, 0.29) is 0 Å². The molecule has 0 aromatic carbocycles. The predicted molar refractivity (Wildman–Crippen MR) is 66.5 cm³/mol. The largest absolute Gasteiger partial charge is 0.381 e. The van der Waals surface area contributed by atoms with Crippen LogP contribution < -0.4 is 0 Å². The average molecular weight is 233 g/mol. The van der Waals surface area contributed by atoms with Crippen LogP contribution in [-0.2, 0) is 4.74 Å². The summed E-state index contributed by atoms with van der Waals surface area (Å²) in [5, 5.41) is 0.356. The molecule has 0 aromatic heterocycles. The minimum atomic E-state index is 0.356. The third-order valence-electron chi connectivity index (χ3n) is 3.56. The fraction of sp³-hybridized carbons (Fsp3) is 1.00. The molecule has 3 atom stereocenters. The van der Waals surface area contributed by atoms with E-state index in [1.54, 1.807) is 0 Å². The molecule has 0 aromatic rings. The van der Waals surface area contributed by atoms with Crippen molar-refractivity contribution in [3.05, 3.63) is 0 Å². The van der Waals surface area contributed by atoms with Crippen LogP contribution in [0, 0.1) is 11.8 Å². The van der Waals surface area contributed by atoms with E-state index >= 15 is 0 Å². The second-order valence-corrected chi connectivity index (χ2v) is 5.35. The maximum atomic E-state index is 6.34. The molecule has 15 heavy (non-hydrogen) atoms. The first kappa shape index (κ1) is 13.3.